The Morgan fingerprint density at radius 3 is 2.54 bits per heavy atom. The van der Waals surface area contributed by atoms with Gasteiger partial charge in [-0.25, -0.2) is 17.7 Å². The lowest BCUT2D eigenvalue weighted by Gasteiger charge is -2.20. The Morgan fingerprint density at radius 1 is 1.03 bits per heavy atom. The van der Waals surface area contributed by atoms with E-state index in [1.54, 1.807) is 13.1 Å². The summed E-state index contributed by atoms with van der Waals surface area (Å²) in [6.45, 7) is 2.30. The molecule has 0 saturated carbocycles. The fourth-order valence-corrected chi connectivity index (χ4v) is 5.75. The second-order valence-corrected chi connectivity index (χ2v) is 10.8. The van der Waals surface area contributed by atoms with E-state index >= 15 is 0 Å². The molecule has 0 aliphatic heterocycles. The summed E-state index contributed by atoms with van der Waals surface area (Å²) in [5.74, 6) is 0.589. The number of aromatic nitrogens is 1. The van der Waals surface area contributed by atoms with Crippen LogP contribution in [-0.2, 0) is 23.1 Å². The van der Waals surface area contributed by atoms with Crippen molar-refractivity contribution >= 4 is 50.1 Å². The number of nitrogens with zero attached hydrogens (tertiary/aromatic N) is 2. The maximum Gasteiger partial charge on any atom is 0.243 e. The SMILES string of the molecule is Cc1ccc2cccc(OCc3c(Cl)ccc(S(=O)(=O)N(C)CCc4ccccc4)c3C=S)c2n1. The lowest BCUT2D eigenvalue weighted by Crippen LogP contribution is -2.30. The number of para-hydroxylation sites is 1. The van der Waals surface area contributed by atoms with E-state index in [4.69, 9.17) is 28.6 Å². The van der Waals surface area contributed by atoms with E-state index in [1.807, 2.05) is 67.6 Å². The van der Waals surface area contributed by atoms with E-state index in [0.29, 0.717) is 34.9 Å². The maximum absolute atomic E-state index is 13.4. The second kappa shape index (κ2) is 10.8. The first-order valence-corrected chi connectivity index (χ1v) is 13.4. The predicted molar refractivity (Wildman–Crippen MR) is 145 cm³/mol. The van der Waals surface area contributed by atoms with Crippen LogP contribution in [0.1, 0.15) is 22.4 Å². The molecule has 0 radical (unpaired) electrons. The molecule has 1 aromatic heterocycles. The van der Waals surface area contributed by atoms with Crippen LogP contribution in [0.5, 0.6) is 5.75 Å². The third kappa shape index (κ3) is 5.54. The molecular formula is C27H25ClN2O3S2. The lowest BCUT2D eigenvalue weighted by atomic mass is 10.1. The Morgan fingerprint density at radius 2 is 1.80 bits per heavy atom. The molecule has 0 unspecified atom stereocenters. The molecule has 0 N–H and O–H groups in total. The number of ether oxygens (including phenoxy) is 1. The van der Waals surface area contributed by atoms with Gasteiger partial charge < -0.3 is 4.74 Å². The van der Waals surface area contributed by atoms with E-state index in [9.17, 15) is 8.42 Å². The van der Waals surface area contributed by atoms with Crippen LogP contribution < -0.4 is 4.74 Å². The summed E-state index contributed by atoms with van der Waals surface area (Å²) >= 11 is 11.7. The summed E-state index contributed by atoms with van der Waals surface area (Å²) < 4.78 is 34.3. The molecule has 0 aliphatic carbocycles. The smallest absolute Gasteiger partial charge is 0.243 e. The third-order valence-electron chi connectivity index (χ3n) is 5.82. The van der Waals surface area contributed by atoms with Gasteiger partial charge in [0.15, 0.2) is 0 Å². The highest BCUT2D eigenvalue weighted by atomic mass is 35.5. The highest BCUT2D eigenvalue weighted by Crippen LogP contribution is 2.30. The van der Waals surface area contributed by atoms with Gasteiger partial charge in [0.05, 0.1) is 4.90 Å². The topological polar surface area (TPSA) is 59.5 Å². The number of fused-ring (bicyclic) bond motifs is 1. The number of rotatable bonds is 9. The second-order valence-electron chi connectivity index (χ2n) is 8.19. The minimum atomic E-state index is -3.81. The Kier molecular flexibility index (Phi) is 7.82. The molecule has 180 valence electrons. The molecule has 0 fully saturated rings. The van der Waals surface area contributed by atoms with Gasteiger partial charge in [0.2, 0.25) is 10.0 Å². The van der Waals surface area contributed by atoms with Gasteiger partial charge in [-0.1, -0.05) is 72.3 Å². The Bertz CT molecular complexity index is 1480. The van der Waals surface area contributed by atoms with Crippen molar-refractivity contribution in [3.63, 3.8) is 0 Å². The highest BCUT2D eigenvalue weighted by Gasteiger charge is 2.26. The van der Waals surface area contributed by atoms with Crippen LogP contribution in [0.25, 0.3) is 10.9 Å². The number of sulfonamides is 1. The summed E-state index contributed by atoms with van der Waals surface area (Å²) in [6.07, 6.45) is 0.598. The monoisotopic (exact) mass is 524 g/mol. The van der Waals surface area contributed by atoms with Crippen LogP contribution in [0.2, 0.25) is 5.02 Å². The molecule has 0 aliphatic rings. The zero-order valence-corrected chi connectivity index (χ0v) is 21.8. The van der Waals surface area contributed by atoms with Crippen LogP contribution in [0.3, 0.4) is 0 Å². The number of likely N-dealkylation sites (N-methyl/N-ethyl adjacent to an activating group) is 1. The molecule has 3 aromatic carbocycles. The number of pyridine rings is 1. The number of halogens is 1. The van der Waals surface area contributed by atoms with E-state index < -0.39 is 10.0 Å². The average molecular weight is 525 g/mol. The molecule has 4 aromatic rings. The van der Waals surface area contributed by atoms with Gasteiger partial charge in [0.25, 0.3) is 0 Å². The fourth-order valence-electron chi connectivity index (χ4n) is 3.82. The number of benzene rings is 3. The first kappa shape index (κ1) is 25.3. The van der Waals surface area contributed by atoms with Crippen molar-refractivity contribution in [3.05, 3.63) is 100 Å². The zero-order chi connectivity index (χ0) is 25.0. The minimum Gasteiger partial charge on any atom is -0.487 e. The molecule has 1 heterocycles. The van der Waals surface area contributed by atoms with Gasteiger partial charge in [-0.2, -0.15) is 0 Å². The molecule has 0 amide bonds. The third-order valence-corrected chi connectivity index (χ3v) is 8.32. The van der Waals surface area contributed by atoms with E-state index in [0.717, 1.165) is 22.2 Å². The number of hydrogen-bond donors (Lipinski definition) is 0. The maximum atomic E-state index is 13.4. The fraction of sp³-hybridized carbons (Fsp3) is 0.185. The molecule has 0 bridgehead atoms. The summed E-state index contributed by atoms with van der Waals surface area (Å²) in [5, 5.41) is 2.69. The molecule has 0 spiro atoms. The van der Waals surface area contributed by atoms with Gasteiger partial charge in [-0.15, -0.1) is 0 Å². The van der Waals surface area contributed by atoms with Gasteiger partial charge in [-0.3, -0.25) is 0 Å². The summed E-state index contributed by atoms with van der Waals surface area (Å²) in [4.78, 5) is 4.70. The largest absolute Gasteiger partial charge is 0.487 e. The molecule has 0 saturated heterocycles. The number of thiocarbonyl (C=S) groups is 1. The Balaban J connectivity index is 1.62. The van der Waals surface area contributed by atoms with Crippen molar-refractivity contribution < 1.29 is 13.2 Å². The van der Waals surface area contributed by atoms with Crippen LogP contribution >= 0.6 is 23.8 Å². The highest BCUT2D eigenvalue weighted by molar-refractivity contribution is 7.89. The number of hydrogen-bond acceptors (Lipinski definition) is 5. The van der Waals surface area contributed by atoms with Crippen molar-refractivity contribution in [2.75, 3.05) is 13.6 Å². The van der Waals surface area contributed by atoms with E-state index in [-0.39, 0.29) is 11.5 Å². The molecular weight excluding hydrogens is 500 g/mol. The van der Waals surface area contributed by atoms with E-state index in [2.05, 4.69) is 4.98 Å². The summed E-state index contributed by atoms with van der Waals surface area (Å²) in [7, 11) is -2.24. The Hall–Kier alpha value is -2.84. The predicted octanol–water partition coefficient (Wildman–Crippen LogP) is 5.99. The first-order chi connectivity index (χ1) is 16.8. The zero-order valence-electron chi connectivity index (χ0n) is 19.4. The van der Waals surface area contributed by atoms with Crippen LogP contribution in [-0.4, -0.2) is 36.7 Å². The van der Waals surface area contributed by atoms with Gasteiger partial charge in [-0.05, 0) is 43.2 Å². The molecule has 5 nitrogen and oxygen atoms in total. The quantitative estimate of drug-likeness (QED) is 0.252. The molecule has 4 rings (SSSR count). The van der Waals surface area contributed by atoms with Crippen molar-refractivity contribution in [1.29, 1.82) is 0 Å². The minimum absolute atomic E-state index is 0.0487. The standard InChI is InChI=1S/C27H25ClN2O3S2/c1-19-11-12-21-9-6-10-25(27(21)29-19)33-17-22-23(18-34)26(14-13-24(22)28)35(31,32)30(2)16-15-20-7-4-3-5-8-20/h3-14,18H,15-17H2,1-2H3. The molecule has 35 heavy (non-hydrogen) atoms. The number of aryl methyl sites for hydroxylation is 1. The van der Waals surface area contributed by atoms with Gasteiger partial charge >= 0.3 is 0 Å². The van der Waals surface area contributed by atoms with E-state index in [1.165, 1.54) is 15.7 Å². The molecule has 8 heteroatoms. The molecule has 0 atom stereocenters. The normalized spacial score (nSPS) is 11.7. The van der Waals surface area contributed by atoms with Crippen molar-refractivity contribution in [2.24, 2.45) is 0 Å². The Labute approximate surface area is 216 Å². The average Bonchev–Trinajstić information content (AvgIpc) is 2.86. The van der Waals surface area contributed by atoms with Crippen molar-refractivity contribution in [1.82, 2.24) is 9.29 Å². The van der Waals surface area contributed by atoms with Crippen molar-refractivity contribution in [3.8, 4) is 5.75 Å². The summed E-state index contributed by atoms with van der Waals surface area (Å²) in [6, 6.07) is 22.4. The van der Waals surface area contributed by atoms with Gasteiger partial charge in [0, 0.05) is 46.2 Å². The van der Waals surface area contributed by atoms with Crippen LogP contribution in [0.15, 0.2) is 77.7 Å². The van der Waals surface area contributed by atoms with Crippen molar-refractivity contribution in [2.45, 2.75) is 24.8 Å². The first-order valence-electron chi connectivity index (χ1n) is 11.1. The summed E-state index contributed by atoms with van der Waals surface area (Å²) in [5.41, 5.74) is 3.55. The van der Waals surface area contributed by atoms with Crippen LogP contribution in [0.4, 0.5) is 0 Å². The van der Waals surface area contributed by atoms with Gasteiger partial charge in [0.1, 0.15) is 17.9 Å². The lowest BCUT2D eigenvalue weighted by molar-refractivity contribution is 0.309. The van der Waals surface area contributed by atoms with Crippen LogP contribution in [0, 0.1) is 6.92 Å².